The maximum atomic E-state index is 11.1. The molecular weight excluding hydrogens is 178 g/mol. The topological polar surface area (TPSA) is 52.3 Å². The Hall–Kier alpha value is -1.35. The van der Waals surface area contributed by atoms with Gasteiger partial charge in [-0.15, -0.1) is 0 Å². The number of ether oxygens (including phenoxy) is 1. The summed E-state index contributed by atoms with van der Waals surface area (Å²) in [6, 6.07) is 6.76. The van der Waals surface area contributed by atoms with Crippen molar-refractivity contribution in [3.63, 3.8) is 0 Å². The first-order valence-electron chi connectivity index (χ1n) is 4.64. The highest BCUT2D eigenvalue weighted by molar-refractivity contribution is 5.83. The standard InChI is InChI=1S/C11H15NO2/c1-3-14-10-7-5-4-6-9(10)11(12)8(2)13/h4-7,11H,3,12H2,1-2H3. The van der Waals surface area contributed by atoms with Crippen molar-refractivity contribution < 1.29 is 9.53 Å². The van der Waals surface area contributed by atoms with Crippen LogP contribution in [0.25, 0.3) is 0 Å². The Kier molecular flexibility index (Phi) is 3.65. The molecule has 0 radical (unpaired) electrons. The van der Waals surface area contributed by atoms with Crippen LogP contribution in [0.15, 0.2) is 24.3 Å². The van der Waals surface area contributed by atoms with Gasteiger partial charge < -0.3 is 10.5 Å². The molecule has 0 saturated heterocycles. The first kappa shape index (κ1) is 10.7. The minimum atomic E-state index is -0.585. The molecule has 0 heterocycles. The summed E-state index contributed by atoms with van der Waals surface area (Å²) < 4.78 is 5.38. The van der Waals surface area contributed by atoms with E-state index in [-0.39, 0.29) is 5.78 Å². The lowest BCUT2D eigenvalue weighted by Crippen LogP contribution is -2.19. The number of benzene rings is 1. The van der Waals surface area contributed by atoms with Gasteiger partial charge in [0.15, 0.2) is 5.78 Å². The van der Waals surface area contributed by atoms with Crippen LogP contribution in [0.3, 0.4) is 0 Å². The smallest absolute Gasteiger partial charge is 0.151 e. The van der Waals surface area contributed by atoms with E-state index in [1.807, 2.05) is 31.2 Å². The highest BCUT2D eigenvalue weighted by Gasteiger charge is 2.15. The van der Waals surface area contributed by atoms with Crippen LogP contribution in [-0.2, 0) is 4.79 Å². The van der Waals surface area contributed by atoms with Crippen molar-refractivity contribution in [2.24, 2.45) is 5.73 Å². The summed E-state index contributed by atoms with van der Waals surface area (Å²) >= 11 is 0. The molecule has 0 fully saturated rings. The molecule has 1 aromatic rings. The molecule has 0 saturated carbocycles. The van der Waals surface area contributed by atoms with Crippen LogP contribution < -0.4 is 10.5 Å². The first-order chi connectivity index (χ1) is 6.66. The van der Waals surface area contributed by atoms with Gasteiger partial charge in [-0.05, 0) is 19.9 Å². The molecule has 0 aliphatic heterocycles. The average Bonchev–Trinajstić information content (AvgIpc) is 2.18. The molecule has 2 N–H and O–H groups in total. The van der Waals surface area contributed by atoms with Gasteiger partial charge in [0.05, 0.1) is 12.6 Å². The van der Waals surface area contributed by atoms with E-state index < -0.39 is 6.04 Å². The zero-order valence-corrected chi connectivity index (χ0v) is 8.49. The highest BCUT2D eigenvalue weighted by atomic mass is 16.5. The molecule has 0 aliphatic rings. The van der Waals surface area contributed by atoms with Crippen LogP contribution in [0.4, 0.5) is 0 Å². The van der Waals surface area contributed by atoms with Gasteiger partial charge in [0.1, 0.15) is 5.75 Å². The minimum absolute atomic E-state index is 0.0582. The molecule has 1 rings (SSSR count). The summed E-state index contributed by atoms with van der Waals surface area (Å²) in [5.74, 6) is 0.634. The minimum Gasteiger partial charge on any atom is -0.494 e. The summed E-state index contributed by atoms with van der Waals surface area (Å²) in [5.41, 5.74) is 6.49. The van der Waals surface area contributed by atoms with Crippen molar-refractivity contribution in [3.8, 4) is 5.75 Å². The third-order valence-corrected chi connectivity index (χ3v) is 1.99. The van der Waals surface area contributed by atoms with Crippen LogP contribution in [0, 0.1) is 0 Å². The van der Waals surface area contributed by atoms with Crippen LogP contribution in [0.5, 0.6) is 5.75 Å². The molecule has 0 aliphatic carbocycles. The van der Waals surface area contributed by atoms with Crippen molar-refractivity contribution >= 4 is 5.78 Å². The number of rotatable bonds is 4. The zero-order chi connectivity index (χ0) is 10.6. The van der Waals surface area contributed by atoms with E-state index in [0.717, 1.165) is 5.56 Å². The van der Waals surface area contributed by atoms with Crippen LogP contribution in [-0.4, -0.2) is 12.4 Å². The second-order valence-electron chi connectivity index (χ2n) is 3.06. The monoisotopic (exact) mass is 193 g/mol. The molecule has 1 unspecified atom stereocenters. The third-order valence-electron chi connectivity index (χ3n) is 1.99. The lowest BCUT2D eigenvalue weighted by molar-refractivity contribution is -0.118. The molecule has 0 spiro atoms. The maximum Gasteiger partial charge on any atom is 0.151 e. The molecule has 0 bridgehead atoms. The Morgan fingerprint density at radius 2 is 2.14 bits per heavy atom. The Bertz CT molecular complexity index is 323. The SMILES string of the molecule is CCOc1ccccc1C(N)C(C)=O. The van der Waals surface area contributed by atoms with E-state index >= 15 is 0 Å². The van der Waals surface area contributed by atoms with Gasteiger partial charge in [-0.1, -0.05) is 18.2 Å². The second-order valence-corrected chi connectivity index (χ2v) is 3.06. The Morgan fingerprint density at radius 3 is 2.71 bits per heavy atom. The second kappa shape index (κ2) is 4.77. The molecule has 3 heteroatoms. The lowest BCUT2D eigenvalue weighted by Gasteiger charge is -2.13. The van der Waals surface area contributed by atoms with Gasteiger partial charge >= 0.3 is 0 Å². The summed E-state index contributed by atoms with van der Waals surface area (Å²) in [6.45, 7) is 3.95. The molecule has 1 aromatic carbocycles. The van der Waals surface area contributed by atoms with Crippen molar-refractivity contribution in [2.45, 2.75) is 19.9 Å². The molecular formula is C11H15NO2. The Labute approximate surface area is 83.9 Å². The number of carbonyl (C=O) groups excluding carboxylic acids is 1. The normalized spacial score (nSPS) is 12.2. The number of hydrogen-bond acceptors (Lipinski definition) is 3. The van der Waals surface area contributed by atoms with Gasteiger partial charge in [-0.3, -0.25) is 4.79 Å². The number of hydrogen-bond donors (Lipinski definition) is 1. The fraction of sp³-hybridized carbons (Fsp3) is 0.364. The van der Waals surface area contributed by atoms with Crippen molar-refractivity contribution in [3.05, 3.63) is 29.8 Å². The van der Waals surface area contributed by atoms with E-state index in [1.165, 1.54) is 6.92 Å². The highest BCUT2D eigenvalue weighted by Crippen LogP contribution is 2.23. The van der Waals surface area contributed by atoms with Crippen LogP contribution in [0.1, 0.15) is 25.5 Å². The summed E-state index contributed by atoms with van der Waals surface area (Å²) in [5, 5.41) is 0. The van der Waals surface area contributed by atoms with Gasteiger partial charge in [0.25, 0.3) is 0 Å². The number of carbonyl (C=O) groups is 1. The van der Waals surface area contributed by atoms with Gasteiger partial charge in [-0.2, -0.15) is 0 Å². The first-order valence-corrected chi connectivity index (χ1v) is 4.64. The van der Waals surface area contributed by atoms with Crippen LogP contribution in [0.2, 0.25) is 0 Å². The largest absolute Gasteiger partial charge is 0.494 e. The predicted molar refractivity (Wildman–Crippen MR) is 55.2 cm³/mol. The number of Topliss-reactive ketones (excluding diaryl/α,β-unsaturated/α-hetero) is 1. The maximum absolute atomic E-state index is 11.1. The molecule has 14 heavy (non-hydrogen) atoms. The summed E-state index contributed by atoms with van der Waals surface area (Å²) in [7, 11) is 0. The lowest BCUT2D eigenvalue weighted by atomic mass is 10.0. The fourth-order valence-corrected chi connectivity index (χ4v) is 1.24. The Balaban J connectivity index is 3.00. The van der Waals surface area contributed by atoms with Crippen molar-refractivity contribution in [2.75, 3.05) is 6.61 Å². The number of ketones is 1. The third kappa shape index (κ3) is 2.33. The van der Waals surface area contributed by atoms with Gasteiger partial charge in [-0.25, -0.2) is 0 Å². The zero-order valence-electron chi connectivity index (χ0n) is 8.49. The molecule has 3 nitrogen and oxygen atoms in total. The van der Waals surface area contributed by atoms with E-state index in [1.54, 1.807) is 0 Å². The molecule has 76 valence electrons. The van der Waals surface area contributed by atoms with E-state index in [2.05, 4.69) is 0 Å². The van der Waals surface area contributed by atoms with Gasteiger partial charge in [0.2, 0.25) is 0 Å². The molecule has 0 amide bonds. The summed E-state index contributed by atoms with van der Waals surface area (Å²) in [6.07, 6.45) is 0. The number of para-hydroxylation sites is 1. The van der Waals surface area contributed by atoms with Crippen LogP contribution >= 0.6 is 0 Å². The van der Waals surface area contributed by atoms with Crippen molar-refractivity contribution in [1.82, 2.24) is 0 Å². The Morgan fingerprint density at radius 1 is 1.50 bits per heavy atom. The van der Waals surface area contributed by atoms with E-state index in [9.17, 15) is 4.79 Å². The van der Waals surface area contributed by atoms with Crippen molar-refractivity contribution in [1.29, 1.82) is 0 Å². The number of nitrogens with two attached hydrogens (primary N) is 1. The fourth-order valence-electron chi connectivity index (χ4n) is 1.24. The quantitative estimate of drug-likeness (QED) is 0.791. The predicted octanol–water partition coefficient (Wildman–Crippen LogP) is 1.67. The van der Waals surface area contributed by atoms with Gasteiger partial charge in [0, 0.05) is 5.56 Å². The molecule has 1 atom stereocenters. The van der Waals surface area contributed by atoms with E-state index in [0.29, 0.717) is 12.4 Å². The average molecular weight is 193 g/mol. The molecule has 0 aromatic heterocycles. The summed E-state index contributed by atoms with van der Waals surface area (Å²) in [4.78, 5) is 11.1. The van der Waals surface area contributed by atoms with E-state index in [4.69, 9.17) is 10.5 Å².